The van der Waals surface area contributed by atoms with Gasteiger partial charge in [-0.05, 0) is 59.8 Å². The van der Waals surface area contributed by atoms with Crippen molar-refractivity contribution in [3.8, 4) is 0 Å². The Morgan fingerprint density at radius 3 is 1.40 bits per heavy atom. The second kappa shape index (κ2) is 13.7. The Bertz CT molecular complexity index is 1040. The average molecular weight is 545 g/mol. The van der Waals surface area contributed by atoms with Crippen LogP contribution in [0.2, 0.25) is 0 Å². The van der Waals surface area contributed by atoms with E-state index >= 15 is 0 Å². The maximum atomic E-state index is 14.8. The van der Waals surface area contributed by atoms with Gasteiger partial charge in [0.1, 0.15) is 0 Å². The zero-order valence-electron chi connectivity index (χ0n) is 24.4. The molecular formula is C35H48N2O3. The van der Waals surface area contributed by atoms with Gasteiger partial charge in [0.25, 0.3) is 0 Å². The van der Waals surface area contributed by atoms with Crippen molar-refractivity contribution in [2.45, 2.75) is 89.1 Å². The summed E-state index contributed by atoms with van der Waals surface area (Å²) in [4.78, 5) is 19.7. The molecule has 4 aliphatic rings. The minimum absolute atomic E-state index is 0.224. The van der Waals surface area contributed by atoms with E-state index in [-0.39, 0.29) is 5.78 Å². The van der Waals surface area contributed by atoms with Gasteiger partial charge in [0, 0.05) is 50.4 Å². The zero-order chi connectivity index (χ0) is 27.1. The molecule has 2 aliphatic carbocycles. The molecule has 2 heterocycles. The van der Waals surface area contributed by atoms with Gasteiger partial charge in [0.2, 0.25) is 0 Å². The van der Waals surface area contributed by atoms with E-state index in [2.05, 4.69) is 46.2 Å². The number of ketones is 1. The quantitative estimate of drug-likeness (QED) is 0.347. The first kappa shape index (κ1) is 28.1. The van der Waals surface area contributed by atoms with E-state index in [0.717, 1.165) is 76.8 Å². The maximum Gasteiger partial charge on any atom is 0.193 e. The van der Waals surface area contributed by atoms with Crippen molar-refractivity contribution in [1.82, 2.24) is 9.80 Å². The second-order valence-electron chi connectivity index (χ2n) is 12.5. The Hall–Kier alpha value is -2.05. The smallest absolute Gasteiger partial charge is 0.193 e. The summed E-state index contributed by atoms with van der Waals surface area (Å²) in [6, 6.07) is 13.2. The normalized spacial score (nSPS) is 22.4. The molecule has 0 amide bonds. The van der Waals surface area contributed by atoms with Crippen LogP contribution in [-0.2, 0) is 22.6 Å². The average Bonchev–Trinajstić information content (AvgIpc) is 3.03. The molecule has 0 spiro atoms. The Labute approximate surface area is 241 Å². The number of morpholine rings is 2. The summed E-state index contributed by atoms with van der Waals surface area (Å²) >= 11 is 0. The van der Waals surface area contributed by atoms with Gasteiger partial charge in [-0.25, -0.2) is 0 Å². The minimum atomic E-state index is 0.224. The van der Waals surface area contributed by atoms with Crippen molar-refractivity contribution < 1.29 is 14.3 Å². The number of carbonyl (C=O) groups is 1. The van der Waals surface area contributed by atoms with Crippen LogP contribution in [0.3, 0.4) is 0 Å². The lowest BCUT2D eigenvalue weighted by Crippen LogP contribution is -2.37. The van der Waals surface area contributed by atoms with Crippen molar-refractivity contribution in [2.24, 2.45) is 0 Å². The highest BCUT2D eigenvalue weighted by Crippen LogP contribution is 2.39. The van der Waals surface area contributed by atoms with Gasteiger partial charge >= 0.3 is 0 Å². The molecule has 6 rings (SSSR count). The van der Waals surface area contributed by atoms with Gasteiger partial charge in [-0.1, -0.05) is 74.9 Å². The van der Waals surface area contributed by atoms with Crippen LogP contribution in [0.5, 0.6) is 0 Å². The van der Waals surface area contributed by atoms with Gasteiger partial charge in [-0.2, -0.15) is 0 Å². The maximum absolute atomic E-state index is 14.8. The third-order valence-corrected chi connectivity index (χ3v) is 9.97. The number of ether oxygens (including phenoxy) is 2. The lowest BCUT2D eigenvalue weighted by Gasteiger charge is -2.32. The molecule has 0 atom stereocenters. The largest absolute Gasteiger partial charge is 0.379 e. The highest BCUT2D eigenvalue weighted by Gasteiger charge is 2.28. The first-order chi connectivity index (χ1) is 19.8. The molecule has 0 radical (unpaired) electrons. The fraction of sp³-hybridized carbons (Fsp3) is 0.629. The third kappa shape index (κ3) is 6.54. The van der Waals surface area contributed by atoms with Gasteiger partial charge in [0.15, 0.2) is 5.78 Å². The van der Waals surface area contributed by atoms with E-state index in [4.69, 9.17) is 9.47 Å². The number of nitrogens with zero attached hydrogens (tertiary/aromatic N) is 2. The Morgan fingerprint density at radius 2 is 1.00 bits per heavy atom. The second-order valence-corrected chi connectivity index (χ2v) is 12.5. The van der Waals surface area contributed by atoms with E-state index < -0.39 is 0 Å². The van der Waals surface area contributed by atoms with Gasteiger partial charge in [-0.3, -0.25) is 14.6 Å². The van der Waals surface area contributed by atoms with Crippen molar-refractivity contribution in [1.29, 1.82) is 0 Å². The lowest BCUT2D eigenvalue weighted by molar-refractivity contribution is 0.0338. The molecule has 0 bridgehead atoms. The van der Waals surface area contributed by atoms with Gasteiger partial charge in [-0.15, -0.1) is 0 Å². The fourth-order valence-corrected chi connectivity index (χ4v) is 7.69. The van der Waals surface area contributed by atoms with Crippen molar-refractivity contribution in [3.05, 3.63) is 69.8 Å². The topological polar surface area (TPSA) is 42.0 Å². The molecule has 2 aliphatic heterocycles. The van der Waals surface area contributed by atoms with E-state index in [0.29, 0.717) is 11.8 Å². The summed E-state index contributed by atoms with van der Waals surface area (Å²) in [7, 11) is 0. The van der Waals surface area contributed by atoms with Crippen LogP contribution in [0.15, 0.2) is 36.4 Å². The van der Waals surface area contributed by atoms with Crippen molar-refractivity contribution >= 4 is 5.78 Å². The van der Waals surface area contributed by atoms with Crippen LogP contribution < -0.4 is 0 Å². The fourth-order valence-electron chi connectivity index (χ4n) is 7.69. The van der Waals surface area contributed by atoms with E-state index in [1.54, 1.807) is 0 Å². The van der Waals surface area contributed by atoms with E-state index in [1.807, 2.05) is 0 Å². The number of benzene rings is 2. The first-order valence-electron chi connectivity index (χ1n) is 16.2. The molecule has 0 N–H and O–H groups in total. The molecule has 2 saturated heterocycles. The number of hydrogen-bond acceptors (Lipinski definition) is 5. The van der Waals surface area contributed by atoms with Crippen LogP contribution in [-0.4, -0.2) is 68.2 Å². The van der Waals surface area contributed by atoms with Crippen LogP contribution >= 0.6 is 0 Å². The molecule has 2 aromatic carbocycles. The predicted octanol–water partition coefficient (Wildman–Crippen LogP) is 6.68. The molecule has 2 saturated carbocycles. The van der Waals surface area contributed by atoms with Crippen molar-refractivity contribution in [3.63, 3.8) is 0 Å². The van der Waals surface area contributed by atoms with Gasteiger partial charge < -0.3 is 9.47 Å². The van der Waals surface area contributed by atoms with Crippen molar-refractivity contribution in [2.75, 3.05) is 52.6 Å². The van der Waals surface area contributed by atoms with Crippen LogP contribution in [0.1, 0.15) is 114 Å². The minimum Gasteiger partial charge on any atom is -0.379 e. The molecule has 216 valence electrons. The predicted molar refractivity (Wildman–Crippen MR) is 160 cm³/mol. The molecule has 4 fully saturated rings. The number of hydrogen-bond donors (Lipinski definition) is 0. The SMILES string of the molecule is O=C(c1cccc(C2CCCCC2)c1CN1CCOCC1)c1cccc(C2CCCCC2)c1CN1CCOCC1. The van der Waals surface area contributed by atoms with Crippen LogP contribution in [0.25, 0.3) is 0 Å². The molecule has 5 heteroatoms. The van der Waals surface area contributed by atoms with E-state index in [9.17, 15) is 4.79 Å². The summed E-state index contributed by atoms with van der Waals surface area (Å²) in [5, 5.41) is 0. The summed E-state index contributed by atoms with van der Waals surface area (Å²) in [5.41, 5.74) is 7.27. The first-order valence-corrected chi connectivity index (χ1v) is 16.2. The molecule has 2 aromatic rings. The zero-order valence-corrected chi connectivity index (χ0v) is 24.4. The monoisotopic (exact) mass is 544 g/mol. The van der Waals surface area contributed by atoms with Crippen LogP contribution in [0, 0.1) is 0 Å². The Morgan fingerprint density at radius 1 is 0.600 bits per heavy atom. The summed E-state index contributed by atoms with van der Waals surface area (Å²) in [5.74, 6) is 1.36. The number of carbonyl (C=O) groups excluding carboxylic acids is 1. The molecule has 40 heavy (non-hydrogen) atoms. The highest BCUT2D eigenvalue weighted by molar-refractivity contribution is 6.11. The molecule has 5 nitrogen and oxygen atoms in total. The number of rotatable bonds is 8. The molecular weight excluding hydrogens is 496 g/mol. The molecule has 0 unspecified atom stereocenters. The Balaban J connectivity index is 1.40. The van der Waals surface area contributed by atoms with E-state index in [1.165, 1.54) is 86.5 Å². The van der Waals surface area contributed by atoms with Crippen LogP contribution in [0.4, 0.5) is 0 Å². The summed E-state index contributed by atoms with van der Waals surface area (Å²) in [6.45, 7) is 8.56. The highest BCUT2D eigenvalue weighted by atomic mass is 16.5. The standard InChI is InChI=1S/C35H48N2O3/c38-35(31-15-7-13-29(27-9-3-1-4-10-27)33(31)25-36-17-21-39-22-18-36)32-16-8-14-30(28-11-5-2-6-12-28)34(32)26-37-19-23-40-24-20-37/h7-8,13-16,27-28H,1-6,9-12,17-26H2. The third-order valence-electron chi connectivity index (χ3n) is 9.97. The van der Waals surface area contributed by atoms with Gasteiger partial charge in [0.05, 0.1) is 26.4 Å². The summed E-state index contributed by atoms with van der Waals surface area (Å²) in [6.07, 6.45) is 12.8. The lowest BCUT2D eigenvalue weighted by atomic mass is 9.78. The Kier molecular flexibility index (Phi) is 9.65. The summed E-state index contributed by atoms with van der Waals surface area (Å²) < 4.78 is 11.3. The molecule has 0 aromatic heterocycles.